The molecule has 0 aliphatic rings. The minimum Gasteiger partial charge on any atom is -0.477 e. The number of nitriles is 1. The molecule has 0 unspecified atom stereocenters. The number of carbonyl (C=O) groups is 1. The molecule has 0 atom stereocenters. The van der Waals surface area contributed by atoms with E-state index in [9.17, 15) is 9.90 Å². The summed E-state index contributed by atoms with van der Waals surface area (Å²) < 4.78 is 1.14. The lowest BCUT2D eigenvalue weighted by atomic mass is 10.1. The molecule has 0 bridgehead atoms. The maximum Gasteiger partial charge on any atom is 0.354 e. The molecule has 0 aliphatic heterocycles. The monoisotopic (exact) mass is 298 g/mol. The molecule has 2 aromatic heterocycles. The molecule has 0 spiro atoms. The van der Waals surface area contributed by atoms with Crippen molar-refractivity contribution in [3.8, 4) is 17.3 Å². The summed E-state index contributed by atoms with van der Waals surface area (Å²) in [6.45, 7) is 0. The van der Waals surface area contributed by atoms with Crippen molar-refractivity contribution in [2.45, 2.75) is 0 Å². The molecule has 3 rings (SSSR count). The van der Waals surface area contributed by atoms with Gasteiger partial charge in [0.2, 0.25) is 0 Å². The zero-order valence-corrected chi connectivity index (χ0v) is 11.2. The number of aromatic nitrogens is 3. The van der Waals surface area contributed by atoms with Gasteiger partial charge in [-0.1, -0.05) is 23.7 Å². The number of nitrogens with zero attached hydrogens (tertiary/aromatic N) is 4. The van der Waals surface area contributed by atoms with Crippen LogP contribution in [-0.4, -0.2) is 25.7 Å². The highest BCUT2D eigenvalue weighted by molar-refractivity contribution is 6.30. The van der Waals surface area contributed by atoms with Crippen LogP contribution in [0.5, 0.6) is 0 Å². The fraction of sp³-hybridized carbons (Fsp3) is 0. The van der Waals surface area contributed by atoms with Crippen LogP contribution in [0.2, 0.25) is 5.02 Å². The van der Waals surface area contributed by atoms with Gasteiger partial charge in [0.15, 0.2) is 11.3 Å². The number of aromatic carboxylic acids is 1. The van der Waals surface area contributed by atoms with Crippen LogP contribution in [-0.2, 0) is 0 Å². The van der Waals surface area contributed by atoms with E-state index in [2.05, 4.69) is 10.1 Å². The molecule has 1 aromatic carbocycles. The third-order valence-electron chi connectivity index (χ3n) is 2.95. The first-order valence-corrected chi connectivity index (χ1v) is 6.26. The Balaban J connectivity index is 2.31. The van der Waals surface area contributed by atoms with Gasteiger partial charge in [0.05, 0.1) is 11.9 Å². The molecule has 7 heteroatoms. The van der Waals surface area contributed by atoms with Crippen molar-refractivity contribution in [1.82, 2.24) is 14.6 Å². The van der Waals surface area contributed by atoms with Crippen LogP contribution in [0.15, 0.2) is 36.5 Å². The molecule has 2 heterocycles. The van der Waals surface area contributed by atoms with Crippen molar-refractivity contribution < 1.29 is 9.90 Å². The predicted molar refractivity (Wildman–Crippen MR) is 75.1 cm³/mol. The molecular weight excluding hydrogens is 292 g/mol. The number of benzene rings is 1. The Labute approximate surface area is 123 Å². The van der Waals surface area contributed by atoms with E-state index in [1.165, 1.54) is 12.3 Å². The first-order valence-electron chi connectivity index (χ1n) is 5.88. The van der Waals surface area contributed by atoms with E-state index < -0.39 is 5.97 Å². The average molecular weight is 299 g/mol. The van der Waals surface area contributed by atoms with Crippen LogP contribution in [0.25, 0.3) is 16.9 Å². The molecule has 0 saturated heterocycles. The van der Waals surface area contributed by atoms with Crippen LogP contribution < -0.4 is 0 Å². The van der Waals surface area contributed by atoms with Crippen LogP contribution in [0, 0.1) is 11.3 Å². The molecule has 0 fully saturated rings. The Hall–Kier alpha value is -2.91. The van der Waals surface area contributed by atoms with E-state index in [0.717, 1.165) is 4.52 Å². The minimum atomic E-state index is -1.15. The highest BCUT2D eigenvalue weighted by Crippen LogP contribution is 2.22. The normalized spacial score (nSPS) is 10.5. The molecular formula is C14H7ClN4O2. The number of hydrogen-bond acceptors (Lipinski definition) is 4. The largest absolute Gasteiger partial charge is 0.477 e. The standard InChI is InChI=1S/C14H7ClN4O2/c15-10-3-1-8(2-4-10)11-5-12(14(20)21)19-13(18-11)9(6-16)7-17-19/h1-5,7H,(H,20,21). The Morgan fingerprint density at radius 2 is 2.05 bits per heavy atom. The van der Waals surface area contributed by atoms with Crippen LogP contribution in [0.3, 0.4) is 0 Å². The Morgan fingerprint density at radius 1 is 1.33 bits per heavy atom. The lowest BCUT2D eigenvalue weighted by Gasteiger charge is -2.05. The zero-order chi connectivity index (χ0) is 15.0. The zero-order valence-electron chi connectivity index (χ0n) is 10.5. The number of rotatable bonds is 2. The summed E-state index contributed by atoms with van der Waals surface area (Å²) in [6.07, 6.45) is 1.29. The lowest BCUT2D eigenvalue weighted by molar-refractivity contribution is 0.0687. The second-order valence-corrected chi connectivity index (χ2v) is 4.68. The summed E-state index contributed by atoms with van der Waals surface area (Å²) in [5, 5.41) is 22.8. The van der Waals surface area contributed by atoms with Crippen molar-refractivity contribution in [1.29, 1.82) is 5.26 Å². The predicted octanol–water partition coefficient (Wildman–Crippen LogP) is 2.62. The first-order chi connectivity index (χ1) is 10.1. The third kappa shape index (κ3) is 2.20. The van der Waals surface area contributed by atoms with Gasteiger partial charge in [-0.3, -0.25) is 0 Å². The summed E-state index contributed by atoms with van der Waals surface area (Å²) in [5.74, 6) is -1.15. The van der Waals surface area contributed by atoms with E-state index in [-0.39, 0.29) is 16.9 Å². The molecule has 6 nitrogen and oxygen atoms in total. The summed E-state index contributed by atoms with van der Waals surface area (Å²) in [5.41, 5.74) is 1.50. The summed E-state index contributed by atoms with van der Waals surface area (Å²) >= 11 is 5.83. The van der Waals surface area contributed by atoms with Gasteiger partial charge in [-0.15, -0.1) is 0 Å². The molecule has 1 N–H and O–H groups in total. The molecule has 0 aliphatic carbocycles. The number of carboxylic acid groups (broad SMARTS) is 1. The quantitative estimate of drug-likeness (QED) is 0.785. The Bertz CT molecular complexity index is 894. The van der Waals surface area contributed by atoms with Crippen molar-refractivity contribution in [3.05, 3.63) is 52.8 Å². The van der Waals surface area contributed by atoms with Gasteiger partial charge in [-0.05, 0) is 18.2 Å². The van der Waals surface area contributed by atoms with Crippen molar-refractivity contribution in [2.24, 2.45) is 0 Å². The maximum atomic E-state index is 11.4. The van der Waals surface area contributed by atoms with Crippen LogP contribution in [0.1, 0.15) is 16.1 Å². The van der Waals surface area contributed by atoms with Gasteiger partial charge in [0.25, 0.3) is 0 Å². The highest BCUT2D eigenvalue weighted by Gasteiger charge is 2.16. The van der Waals surface area contributed by atoms with Crippen molar-refractivity contribution in [3.63, 3.8) is 0 Å². The Morgan fingerprint density at radius 3 is 2.67 bits per heavy atom. The number of halogens is 1. The topological polar surface area (TPSA) is 91.3 Å². The number of hydrogen-bond donors (Lipinski definition) is 1. The van der Waals surface area contributed by atoms with Gasteiger partial charge in [0, 0.05) is 10.6 Å². The van der Waals surface area contributed by atoms with Crippen LogP contribution >= 0.6 is 11.6 Å². The average Bonchev–Trinajstić information content (AvgIpc) is 2.89. The van der Waals surface area contributed by atoms with Crippen LogP contribution in [0.4, 0.5) is 0 Å². The second kappa shape index (κ2) is 4.89. The summed E-state index contributed by atoms with van der Waals surface area (Å²) in [6, 6.07) is 10.2. The first kappa shape index (κ1) is 13.1. The van der Waals surface area contributed by atoms with E-state index >= 15 is 0 Å². The number of fused-ring (bicyclic) bond motifs is 1. The third-order valence-corrected chi connectivity index (χ3v) is 3.20. The molecule has 21 heavy (non-hydrogen) atoms. The van der Waals surface area contributed by atoms with Crippen molar-refractivity contribution >= 4 is 23.2 Å². The van der Waals surface area contributed by atoms with Crippen molar-refractivity contribution in [2.75, 3.05) is 0 Å². The van der Waals surface area contributed by atoms with E-state index in [1.807, 2.05) is 6.07 Å². The maximum absolute atomic E-state index is 11.4. The fourth-order valence-electron chi connectivity index (χ4n) is 1.96. The second-order valence-electron chi connectivity index (χ2n) is 4.24. The molecule has 0 amide bonds. The van der Waals surface area contributed by atoms with Gasteiger partial charge in [0.1, 0.15) is 11.6 Å². The lowest BCUT2D eigenvalue weighted by Crippen LogP contribution is -2.08. The molecule has 0 radical (unpaired) electrons. The van der Waals surface area contributed by atoms with E-state index in [1.54, 1.807) is 24.3 Å². The molecule has 102 valence electrons. The number of carboxylic acids is 1. The van der Waals surface area contributed by atoms with Gasteiger partial charge in [-0.2, -0.15) is 10.4 Å². The SMILES string of the molecule is N#Cc1cnn2c(C(=O)O)cc(-c3ccc(Cl)cc3)nc12. The highest BCUT2D eigenvalue weighted by atomic mass is 35.5. The smallest absolute Gasteiger partial charge is 0.354 e. The van der Waals surface area contributed by atoms with E-state index in [0.29, 0.717) is 16.3 Å². The van der Waals surface area contributed by atoms with Gasteiger partial charge < -0.3 is 5.11 Å². The molecule has 3 aromatic rings. The summed E-state index contributed by atoms with van der Waals surface area (Å²) in [7, 11) is 0. The van der Waals surface area contributed by atoms with E-state index in [4.69, 9.17) is 16.9 Å². The van der Waals surface area contributed by atoms with Gasteiger partial charge in [-0.25, -0.2) is 14.3 Å². The minimum absolute atomic E-state index is 0.0635. The van der Waals surface area contributed by atoms with Gasteiger partial charge >= 0.3 is 5.97 Å². The molecule has 0 saturated carbocycles. The summed E-state index contributed by atoms with van der Waals surface area (Å²) in [4.78, 5) is 15.7. The Kier molecular flexibility index (Phi) is 3.05. The fourth-order valence-corrected chi connectivity index (χ4v) is 2.09.